The molecule has 2 rings (SSSR count). The first kappa shape index (κ1) is 14.5. The van der Waals surface area contributed by atoms with Crippen LogP contribution in [-0.4, -0.2) is 23.1 Å². The number of carboxylic acid groups (broad SMARTS) is 1. The van der Waals surface area contributed by atoms with Gasteiger partial charge in [-0.25, -0.2) is 9.18 Å². The first-order chi connectivity index (χ1) is 10.0. The van der Waals surface area contributed by atoms with E-state index in [0.717, 1.165) is 6.07 Å². The maximum absolute atomic E-state index is 13.4. The van der Waals surface area contributed by atoms with E-state index in [2.05, 4.69) is 10.6 Å². The van der Waals surface area contributed by atoms with Gasteiger partial charge in [0.1, 0.15) is 17.4 Å². The average Bonchev–Trinajstić information content (AvgIpc) is 2.87. The van der Waals surface area contributed by atoms with Crippen LogP contribution in [0.5, 0.6) is 0 Å². The molecule has 1 aliphatic rings. The second-order valence-corrected chi connectivity index (χ2v) is 4.54. The lowest BCUT2D eigenvalue weighted by atomic mass is 10.1. The van der Waals surface area contributed by atoms with Crippen molar-refractivity contribution in [2.24, 2.45) is 5.92 Å². The largest absolute Gasteiger partial charge is 0.481 e. The number of benzene rings is 1. The Bertz CT molecular complexity index is 651. The molecule has 2 atom stereocenters. The van der Waals surface area contributed by atoms with Crippen molar-refractivity contribution in [1.29, 1.82) is 5.26 Å². The highest BCUT2D eigenvalue weighted by Gasteiger charge is 2.25. The smallest absolute Gasteiger partial charge is 0.319 e. The molecule has 0 aromatic heterocycles. The molecule has 0 heterocycles. The number of aliphatic carboxylic acids is 1. The number of halogens is 1. The van der Waals surface area contributed by atoms with Crippen molar-refractivity contribution in [2.75, 3.05) is 5.32 Å². The van der Waals surface area contributed by atoms with Gasteiger partial charge in [-0.15, -0.1) is 0 Å². The third-order valence-corrected chi connectivity index (χ3v) is 3.09. The van der Waals surface area contributed by atoms with Gasteiger partial charge in [0.25, 0.3) is 0 Å². The molecule has 0 bridgehead atoms. The summed E-state index contributed by atoms with van der Waals surface area (Å²) in [6, 6.07) is 4.55. The summed E-state index contributed by atoms with van der Waals surface area (Å²) < 4.78 is 13.4. The molecule has 0 aliphatic heterocycles. The van der Waals surface area contributed by atoms with Crippen LogP contribution in [0.25, 0.3) is 0 Å². The number of hydrogen-bond acceptors (Lipinski definition) is 3. The molecular weight excluding hydrogens is 277 g/mol. The van der Waals surface area contributed by atoms with Crippen LogP contribution in [0, 0.1) is 23.1 Å². The fourth-order valence-corrected chi connectivity index (χ4v) is 2.06. The number of nitrogens with zero attached hydrogens (tertiary/aromatic N) is 1. The van der Waals surface area contributed by atoms with E-state index in [1.165, 1.54) is 18.2 Å². The molecule has 0 spiro atoms. The predicted octanol–water partition coefficient (Wildman–Crippen LogP) is 1.85. The lowest BCUT2D eigenvalue weighted by Gasteiger charge is -2.13. The summed E-state index contributed by atoms with van der Waals surface area (Å²) in [5.74, 6) is -2.30. The number of nitrogens with one attached hydrogen (secondary N) is 2. The maximum atomic E-state index is 13.4. The van der Waals surface area contributed by atoms with E-state index in [4.69, 9.17) is 10.4 Å². The van der Waals surface area contributed by atoms with Crippen LogP contribution in [0.15, 0.2) is 30.4 Å². The molecule has 0 saturated heterocycles. The van der Waals surface area contributed by atoms with Gasteiger partial charge in [-0.1, -0.05) is 18.2 Å². The SMILES string of the molecule is N#Cc1c(F)cccc1NC(=O)NC1C=CC(C(=O)O)C1. The summed E-state index contributed by atoms with van der Waals surface area (Å²) in [4.78, 5) is 22.6. The molecule has 7 heteroatoms. The Morgan fingerprint density at radius 2 is 2.14 bits per heavy atom. The van der Waals surface area contributed by atoms with Gasteiger partial charge in [0.15, 0.2) is 0 Å². The molecule has 108 valence electrons. The fraction of sp³-hybridized carbons (Fsp3) is 0.214. The quantitative estimate of drug-likeness (QED) is 0.739. The summed E-state index contributed by atoms with van der Waals surface area (Å²) in [6.45, 7) is 0. The molecule has 6 nitrogen and oxygen atoms in total. The average molecular weight is 289 g/mol. The van der Waals surface area contributed by atoms with E-state index in [1.54, 1.807) is 12.1 Å². The zero-order valence-corrected chi connectivity index (χ0v) is 10.8. The third-order valence-electron chi connectivity index (χ3n) is 3.09. The van der Waals surface area contributed by atoms with Crippen molar-refractivity contribution in [3.63, 3.8) is 0 Å². The normalized spacial score (nSPS) is 19.8. The summed E-state index contributed by atoms with van der Waals surface area (Å²) in [7, 11) is 0. The number of carboxylic acids is 1. The maximum Gasteiger partial charge on any atom is 0.319 e. The number of nitriles is 1. The van der Waals surface area contributed by atoms with Crippen LogP contribution < -0.4 is 10.6 Å². The molecule has 1 aliphatic carbocycles. The summed E-state index contributed by atoms with van der Waals surface area (Å²) in [5.41, 5.74) is -0.190. The molecule has 1 aromatic carbocycles. The molecule has 2 amide bonds. The van der Waals surface area contributed by atoms with Crippen LogP contribution >= 0.6 is 0 Å². The van der Waals surface area contributed by atoms with Gasteiger partial charge in [-0.05, 0) is 18.6 Å². The first-order valence-electron chi connectivity index (χ1n) is 6.18. The molecule has 0 saturated carbocycles. The number of carbonyl (C=O) groups excluding carboxylic acids is 1. The van der Waals surface area contributed by atoms with E-state index in [0.29, 0.717) is 0 Å². The van der Waals surface area contributed by atoms with Gasteiger partial charge in [-0.3, -0.25) is 4.79 Å². The van der Waals surface area contributed by atoms with Crippen LogP contribution in [0.4, 0.5) is 14.9 Å². The van der Waals surface area contributed by atoms with Gasteiger partial charge in [-0.2, -0.15) is 5.26 Å². The zero-order valence-electron chi connectivity index (χ0n) is 10.8. The predicted molar refractivity (Wildman–Crippen MR) is 71.9 cm³/mol. The Hall–Kier alpha value is -2.88. The highest BCUT2D eigenvalue weighted by atomic mass is 19.1. The van der Waals surface area contributed by atoms with Crippen LogP contribution in [0.2, 0.25) is 0 Å². The summed E-state index contributed by atoms with van der Waals surface area (Å²) in [5, 5.41) is 22.6. The van der Waals surface area contributed by atoms with Gasteiger partial charge >= 0.3 is 12.0 Å². The number of amides is 2. The molecule has 0 fully saturated rings. The minimum Gasteiger partial charge on any atom is -0.481 e. The number of rotatable bonds is 3. The van der Waals surface area contributed by atoms with E-state index in [9.17, 15) is 14.0 Å². The Kier molecular flexibility index (Phi) is 4.18. The second-order valence-electron chi connectivity index (χ2n) is 4.54. The molecule has 0 radical (unpaired) electrons. The molecule has 3 N–H and O–H groups in total. The molecule has 2 unspecified atom stereocenters. The Balaban J connectivity index is 1.98. The van der Waals surface area contributed by atoms with E-state index in [-0.39, 0.29) is 17.7 Å². The van der Waals surface area contributed by atoms with Crippen molar-refractivity contribution < 1.29 is 19.1 Å². The molecule has 21 heavy (non-hydrogen) atoms. The van der Waals surface area contributed by atoms with Crippen molar-refractivity contribution >= 4 is 17.7 Å². The first-order valence-corrected chi connectivity index (χ1v) is 6.18. The number of hydrogen-bond donors (Lipinski definition) is 3. The standard InChI is InChI=1S/C14H12FN3O3/c15-11-2-1-3-12(10(11)7-16)18-14(21)17-9-5-4-8(6-9)13(19)20/h1-5,8-9H,6H2,(H,19,20)(H2,17,18,21). The number of urea groups is 1. The van der Waals surface area contributed by atoms with Gasteiger partial charge in [0, 0.05) is 0 Å². The lowest BCUT2D eigenvalue weighted by Crippen LogP contribution is -2.36. The van der Waals surface area contributed by atoms with Crippen LogP contribution in [0.1, 0.15) is 12.0 Å². The van der Waals surface area contributed by atoms with Gasteiger partial charge in [0.2, 0.25) is 0 Å². The highest BCUT2D eigenvalue weighted by Crippen LogP contribution is 2.19. The highest BCUT2D eigenvalue weighted by molar-refractivity contribution is 5.91. The monoisotopic (exact) mass is 289 g/mol. The van der Waals surface area contributed by atoms with Crippen LogP contribution in [-0.2, 0) is 4.79 Å². The van der Waals surface area contributed by atoms with E-state index < -0.39 is 29.8 Å². The molecule has 1 aromatic rings. The Morgan fingerprint density at radius 3 is 2.76 bits per heavy atom. The van der Waals surface area contributed by atoms with Gasteiger partial charge in [0.05, 0.1) is 17.6 Å². The third kappa shape index (κ3) is 3.36. The van der Waals surface area contributed by atoms with Gasteiger partial charge < -0.3 is 15.7 Å². The minimum absolute atomic E-state index is 0.0618. The topological polar surface area (TPSA) is 102 Å². The Labute approximate surface area is 119 Å². The van der Waals surface area contributed by atoms with Crippen molar-refractivity contribution in [2.45, 2.75) is 12.5 Å². The number of carbonyl (C=O) groups is 2. The lowest BCUT2D eigenvalue weighted by molar-refractivity contribution is -0.140. The zero-order chi connectivity index (χ0) is 15.4. The summed E-state index contributed by atoms with van der Waals surface area (Å²) >= 11 is 0. The van der Waals surface area contributed by atoms with Crippen molar-refractivity contribution in [1.82, 2.24) is 5.32 Å². The van der Waals surface area contributed by atoms with Crippen LogP contribution in [0.3, 0.4) is 0 Å². The van der Waals surface area contributed by atoms with Crippen molar-refractivity contribution in [3.05, 3.63) is 41.7 Å². The minimum atomic E-state index is -0.951. The number of anilines is 1. The summed E-state index contributed by atoms with van der Waals surface area (Å²) in [6.07, 6.45) is 3.36. The van der Waals surface area contributed by atoms with E-state index in [1.807, 2.05) is 0 Å². The Morgan fingerprint density at radius 1 is 1.38 bits per heavy atom. The van der Waals surface area contributed by atoms with E-state index >= 15 is 0 Å². The fourth-order valence-electron chi connectivity index (χ4n) is 2.06. The molecular formula is C14H12FN3O3. The van der Waals surface area contributed by atoms with Crippen molar-refractivity contribution in [3.8, 4) is 6.07 Å². The second kappa shape index (κ2) is 6.05.